The first-order chi connectivity index (χ1) is 14.9. The van der Waals surface area contributed by atoms with Crippen LogP contribution in [0, 0.1) is 5.92 Å². The fourth-order valence-electron chi connectivity index (χ4n) is 3.45. The van der Waals surface area contributed by atoms with Crippen molar-refractivity contribution in [3.8, 4) is 23.0 Å². The zero-order valence-electron chi connectivity index (χ0n) is 19.1. The second kappa shape index (κ2) is 13.1. The highest BCUT2D eigenvalue weighted by Gasteiger charge is 2.13. The number of nitrogens with zero attached hydrogens (tertiary/aromatic N) is 1. The molecule has 0 spiro atoms. The van der Waals surface area contributed by atoms with E-state index >= 15 is 0 Å². The molecule has 0 radical (unpaired) electrons. The van der Waals surface area contributed by atoms with Crippen molar-refractivity contribution in [2.45, 2.75) is 84.7 Å². The molecular weight excluding hydrogens is 395 g/mol. The lowest BCUT2D eigenvalue weighted by atomic mass is 10.00. The van der Waals surface area contributed by atoms with E-state index in [1.165, 1.54) is 0 Å². The van der Waals surface area contributed by atoms with Gasteiger partial charge in [-0.1, -0.05) is 59.3 Å². The SMILES string of the molecule is CCCCCCC(F)COc1ccc(-c2nc(O)c(CCCC(C)CC)c(=O)[nH]2)cc1. The average Bonchev–Trinajstić information content (AvgIpc) is 2.77. The summed E-state index contributed by atoms with van der Waals surface area (Å²) in [6, 6.07) is 6.92. The van der Waals surface area contributed by atoms with E-state index in [-0.39, 0.29) is 18.0 Å². The number of nitrogens with one attached hydrogen (secondary N) is 1. The third-order valence-electron chi connectivity index (χ3n) is 5.74. The van der Waals surface area contributed by atoms with Gasteiger partial charge in [0.1, 0.15) is 24.4 Å². The summed E-state index contributed by atoms with van der Waals surface area (Å²) in [5.41, 5.74) is 0.678. The lowest BCUT2D eigenvalue weighted by molar-refractivity contribution is 0.184. The molecule has 0 amide bonds. The van der Waals surface area contributed by atoms with Crippen molar-refractivity contribution < 1.29 is 14.2 Å². The summed E-state index contributed by atoms with van der Waals surface area (Å²) < 4.78 is 19.5. The van der Waals surface area contributed by atoms with Gasteiger partial charge in [0.15, 0.2) is 0 Å². The molecule has 2 unspecified atom stereocenters. The van der Waals surface area contributed by atoms with E-state index in [9.17, 15) is 14.3 Å². The largest absolute Gasteiger partial charge is 0.493 e. The van der Waals surface area contributed by atoms with Crippen molar-refractivity contribution in [1.29, 1.82) is 0 Å². The zero-order chi connectivity index (χ0) is 22.6. The van der Waals surface area contributed by atoms with Gasteiger partial charge in [-0.3, -0.25) is 4.79 Å². The summed E-state index contributed by atoms with van der Waals surface area (Å²) in [6.07, 6.45) is 7.22. The molecule has 5 nitrogen and oxygen atoms in total. The third kappa shape index (κ3) is 8.35. The lowest BCUT2D eigenvalue weighted by Gasteiger charge is -2.11. The maximum absolute atomic E-state index is 13.9. The van der Waals surface area contributed by atoms with Crippen LogP contribution >= 0.6 is 0 Å². The minimum absolute atomic E-state index is 0.0344. The van der Waals surface area contributed by atoms with Crippen LogP contribution in [0.5, 0.6) is 11.6 Å². The van der Waals surface area contributed by atoms with Gasteiger partial charge in [-0.15, -0.1) is 0 Å². The topological polar surface area (TPSA) is 75.2 Å². The molecule has 2 N–H and O–H groups in total. The quantitative estimate of drug-likeness (QED) is 0.349. The Hall–Kier alpha value is -2.37. The van der Waals surface area contributed by atoms with Crippen LogP contribution in [0.4, 0.5) is 4.39 Å². The van der Waals surface area contributed by atoms with Gasteiger partial charge in [0.25, 0.3) is 5.56 Å². The Kier molecular flexibility index (Phi) is 10.5. The normalized spacial score (nSPS) is 13.2. The van der Waals surface area contributed by atoms with Gasteiger partial charge in [0.2, 0.25) is 5.88 Å². The lowest BCUT2D eigenvalue weighted by Crippen LogP contribution is -2.15. The molecule has 172 valence electrons. The number of H-pyrrole nitrogens is 1. The van der Waals surface area contributed by atoms with Crippen LogP contribution in [-0.4, -0.2) is 27.9 Å². The van der Waals surface area contributed by atoms with Crippen LogP contribution in [0.2, 0.25) is 0 Å². The number of aromatic hydroxyl groups is 1. The van der Waals surface area contributed by atoms with Crippen molar-refractivity contribution in [3.05, 3.63) is 40.2 Å². The van der Waals surface area contributed by atoms with Crippen molar-refractivity contribution in [1.82, 2.24) is 9.97 Å². The first-order valence-corrected chi connectivity index (χ1v) is 11.6. The number of halogens is 1. The smallest absolute Gasteiger partial charge is 0.258 e. The predicted octanol–water partition coefficient (Wildman–Crippen LogP) is 6.20. The van der Waals surface area contributed by atoms with Crippen molar-refractivity contribution in [3.63, 3.8) is 0 Å². The number of aromatic amines is 1. The first kappa shape index (κ1) is 24.9. The van der Waals surface area contributed by atoms with Gasteiger partial charge in [0.05, 0.1) is 5.56 Å². The molecule has 0 aliphatic rings. The minimum atomic E-state index is -0.973. The molecule has 1 aromatic carbocycles. The molecule has 0 fully saturated rings. The summed E-state index contributed by atoms with van der Waals surface area (Å²) >= 11 is 0. The van der Waals surface area contributed by atoms with Gasteiger partial charge in [-0.05, 0) is 49.4 Å². The van der Waals surface area contributed by atoms with Crippen molar-refractivity contribution in [2.75, 3.05) is 6.61 Å². The maximum atomic E-state index is 13.9. The highest BCUT2D eigenvalue weighted by atomic mass is 19.1. The summed E-state index contributed by atoms with van der Waals surface area (Å²) in [5.74, 6) is 1.25. The average molecular weight is 433 g/mol. The fraction of sp³-hybridized carbons (Fsp3) is 0.600. The van der Waals surface area contributed by atoms with Gasteiger partial charge in [0, 0.05) is 5.56 Å². The third-order valence-corrected chi connectivity index (χ3v) is 5.74. The van der Waals surface area contributed by atoms with Crippen LogP contribution in [0.3, 0.4) is 0 Å². The molecule has 0 aliphatic heterocycles. The highest BCUT2D eigenvalue weighted by molar-refractivity contribution is 5.57. The van der Waals surface area contributed by atoms with E-state index in [2.05, 4.69) is 30.7 Å². The molecule has 0 saturated carbocycles. The van der Waals surface area contributed by atoms with E-state index in [4.69, 9.17) is 4.74 Å². The molecule has 1 heterocycles. The van der Waals surface area contributed by atoms with Crippen LogP contribution < -0.4 is 10.3 Å². The number of aromatic nitrogens is 2. The monoisotopic (exact) mass is 432 g/mol. The van der Waals surface area contributed by atoms with E-state index in [1.807, 2.05) is 0 Å². The highest BCUT2D eigenvalue weighted by Crippen LogP contribution is 2.22. The molecule has 2 aromatic rings. The van der Waals surface area contributed by atoms with E-state index in [1.54, 1.807) is 24.3 Å². The Bertz CT molecular complexity index is 836. The maximum Gasteiger partial charge on any atom is 0.258 e. The number of rotatable bonds is 14. The standard InChI is InChI=1S/C25H37FN2O3/c1-4-6-7-8-11-20(26)17-31-21-15-13-19(14-16-21)23-27-24(29)22(25(30)28-23)12-9-10-18(3)5-2/h13-16,18,20H,4-12,17H2,1-3H3,(H2,27,28,29,30). The van der Waals surface area contributed by atoms with Gasteiger partial charge < -0.3 is 14.8 Å². The predicted molar refractivity (Wildman–Crippen MR) is 124 cm³/mol. The Morgan fingerprint density at radius 3 is 2.48 bits per heavy atom. The molecule has 1 aromatic heterocycles. The number of benzene rings is 1. The molecule has 0 aliphatic carbocycles. The molecule has 0 saturated heterocycles. The Balaban J connectivity index is 1.92. The second-order valence-corrected chi connectivity index (χ2v) is 8.40. The van der Waals surface area contributed by atoms with E-state index < -0.39 is 6.17 Å². The summed E-state index contributed by atoms with van der Waals surface area (Å²) in [5, 5.41) is 10.3. The first-order valence-electron chi connectivity index (χ1n) is 11.6. The van der Waals surface area contributed by atoms with Crippen molar-refractivity contribution >= 4 is 0 Å². The molecular formula is C25H37FN2O3. The van der Waals surface area contributed by atoms with Crippen LogP contribution in [0.15, 0.2) is 29.1 Å². The molecule has 2 atom stereocenters. The van der Waals surface area contributed by atoms with Gasteiger partial charge >= 0.3 is 0 Å². The Morgan fingerprint density at radius 2 is 1.84 bits per heavy atom. The Morgan fingerprint density at radius 1 is 1.10 bits per heavy atom. The minimum Gasteiger partial charge on any atom is -0.493 e. The van der Waals surface area contributed by atoms with Gasteiger partial charge in [-0.2, -0.15) is 4.98 Å². The van der Waals surface area contributed by atoms with E-state index in [0.717, 1.165) is 44.9 Å². The van der Waals surface area contributed by atoms with Crippen LogP contribution in [-0.2, 0) is 6.42 Å². The number of unbranched alkanes of at least 4 members (excludes halogenated alkanes) is 3. The summed E-state index contributed by atoms with van der Waals surface area (Å²) in [7, 11) is 0. The molecule has 31 heavy (non-hydrogen) atoms. The van der Waals surface area contributed by atoms with Crippen LogP contribution in [0.25, 0.3) is 11.4 Å². The zero-order valence-corrected chi connectivity index (χ0v) is 19.1. The number of ether oxygens (including phenoxy) is 1. The van der Waals surface area contributed by atoms with Gasteiger partial charge in [-0.25, -0.2) is 4.39 Å². The molecule has 6 heteroatoms. The van der Waals surface area contributed by atoms with Crippen molar-refractivity contribution in [2.24, 2.45) is 5.92 Å². The van der Waals surface area contributed by atoms with E-state index in [0.29, 0.717) is 41.5 Å². The fourth-order valence-corrected chi connectivity index (χ4v) is 3.45. The summed E-state index contributed by atoms with van der Waals surface area (Å²) in [6.45, 7) is 6.49. The number of hydrogen-bond acceptors (Lipinski definition) is 4. The van der Waals surface area contributed by atoms with Crippen LogP contribution in [0.1, 0.15) is 77.7 Å². The Labute approximate surface area is 185 Å². The molecule has 0 bridgehead atoms. The summed E-state index contributed by atoms with van der Waals surface area (Å²) in [4.78, 5) is 19.4. The number of hydrogen-bond donors (Lipinski definition) is 2. The second-order valence-electron chi connectivity index (χ2n) is 8.40. The number of alkyl halides is 1. The molecule has 2 rings (SSSR count).